The van der Waals surface area contributed by atoms with Gasteiger partial charge in [-0.3, -0.25) is 4.68 Å². The Morgan fingerprint density at radius 3 is 2.62 bits per heavy atom. The van der Waals surface area contributed by atoms with E-state index in [0.717, 1.165) is 22.1 Å². The number of nitrogens with zero attached hydrogens (tertiary/aromatic N) is 6. The van der Waals surface area contributed by atoms with Crippen molar-refractivity contribution in [3.8, 4) is 16.8 Å². The van der Waals surface area contributed by atoms with Crippen LogP contribution < -0.4 is 0 Å². The molecule has 0 amide bonds. The fourth-order valence-electron chi connectivity index (χ4n) is 5.58. The van der Waals surface area contributed by atoms with E-state index in [0.29, 0.717) is 9.17 Å². The maximum Gasteiger partial charge on any atom is 0.418 e. The molecule has 0 bridgehead atoms. The van der Waals surface area contributed by atoms with Gasteiger partial charge in [-0.2, -0.15) is 23.4 Å². The van der Waals surface area contributed by atoms with Gasteiger partial charge in [-0.1, -0.05) is 15.9 Å². The first kappa shape index (κ1) is 31.6. The summed E-state index contributed by atoms with van der Waals surface area (Å²) in [6.45, 7) is 2.89. The third-order valence-corrected chi connectivity index (χ3v) is 8.85. The van der Waals surface area contributed by atoms with Gasteiger partial charge in [0.2, 0.25) is 0 Å². The summed E-state index contributed by atoms with van der Waals surface area (Å²) in [5.74, 6) is -2.34. The van der Waals surface area contributed by atoms with Crippen LogP contribution in [0.15, 0.2) is 46.6 Å². The van der Waals surface area contributed by atoms with Crippen LogP contribution in [0.2, 0.25) is 0 Å². The molecule has 17 heteroatoms. The highest BCUT2D eigenvalue weighted by Crippen LogP contribution is 2.43. The number of aryl methyl sites for hydroxylation is 1. The molecule has 0 radical (unpaired) electrons. The average Bonchev–Trinajstić information content (AvgIpc) is 3.73. The van der Waals surface area contributed by atoms with Crippen LogP contribution in [0.5, 0.6) is 0 Å². The Labute approximate surface area is 264 Å². The summed E-state index contributed by atoms with van der Waals surface area (Å²) in [5, 5.41) is 31.0. The van der Waals surface area contributed by atoms with Gasteiger partial charge in [0.05, 0.1) is 33.8 Å². The molecule has 10 nitrogen and oxygen atoms in total. The van der Waals surface area contributed by atoms with Crippen molar-refractivity contribution in [2.75, 3.05) is 7.11 Å². The predicted octanol–water partition coefficient (Wildman–Crippen LogP) is 5.55. The molecule has 2 aromatic carbocycles. The molecule has 1 fully saturated rings. The summed E-state index contributed by atoms with van der Waals surface area (Å²) in [6, 6.07) is 3.63. The monoisotopic (exact) mass is 714 g/mol. The minimum Gasteiger partial charge on any atom is -0.391 e. The number of fused-ring (bicyclic) bond motifs is 1. The molecule has 1 aliphatic heterocycles. The molecule has 45 heavy (non-hydrogen) atoms. The zero-order valence-corrected chi connectivity index (χ0v) is 26.0. The third-order valence-electron chi connectivity index (χ3n) is 7.58. The molecule has 5 aromatic rings. The van der Waals surface area contributed by atoms with Gasteiger partial charge >= 0.3 is 6.18 Å². The van der Waals surface area contributed by atoms with E-state index in [1.54, 1.807) is 0 Å². The standard InChI is InChI=1S/C28H24BrF5N6O4S/c1-11(41)24-25(43-3)22(39-9-13(8-36-39)15-7-18-21(35-10-45-18)20(31)19(15)30)23(42)26(44-24)27-37-12(2)38-40(27)17-6-14(29)4-5-16(17)28(32,33)34/h4-11,22-26,41-42H,1-3H3/t11?,22?,23?,24?,25-,26-/m1/s1. The van der Waals surface area contributed by atoms with Gasteiger partial charge in [0.25, 0.3) is 0 Å². The lowest BCUT2D eigenvalue weighted by Crippen LogP contribution is -2.56. The van der Waals surface area contributed by atoms with E-state index in [2.05, 4.69) is 36.1 Å². The highest BCUT2D eigenvalue weighted by atomic mass is 79.9. The fourth-order valence-corrected chi connectivity index (χ4v) is 6.64. The number of aliphatic hydroxyl groups is 2. The number of aliphatic hydroxyl groups excluding tert-OH is 2. The van der Waals surface area contributed by atoms with Crippen molar-refractivity contribution < 1.29 is 41.6 Å². The molecule has 0 saturated carbocycles. The Balaban J connectivity index is 1.46. The number of alkyl halides is 3. The van der Waals surface area contributed by atoms with Crippen LogP contribution in [0.25, 0.3) is 27.0 Å². The summed E-state index contributed by atoms with van der Waals surface area (Å²) < 4.78 is 86.7. The van der Waals surface area contributed by atoms with Crippen LogP contribution in [-0.4, -0.2) is 71.3 Å². The number of thiazole rings is 1. The van der Waals surface area contributed by atoms with Crippen LogP contribution in [0.4, 0.5) is 22.0 Å². The number of benzene rings is 2. The molecule has 238 valence electrons. The Morgan fingerprint density at radius 2 is 1.93 bits per heavy atom. The van der Waals surface area contributed by atoms with E-state index in [4.69, 9.17) is 9.47 Å². The van der Waals surface area contributed by atoms with Crippen LogP contribution >= 0.6 is 27.3 Å². The molecular weight excluding hydrogens is 691 g/mol. The summed E-state index contributed by atoms with van der Waals surface area (Å²) in [4.78, 5) is 8.18. The predicted molar refractivity (Wildman–Crippen MR) is 155 cm³/mol. The summed E-state index contributed by atoms with van der Waals surface area (Å²) in [7, 11) is 1.32. The van der Waals surface area contributed by atoms with Gasteiger partial charge in [-0.15, -0.1) is 11.3 Å². The number of aromatic nitrogens is 6. The van der Waals surface area contributed by atoms with Crippen LogP contribution in [0, 0.1) is 18.6 Å². The minimum atomic E-state index is -4.76. The van der Waals surface area contributed by atoms with Crippen LogP contribution in [0.1, 0.15) is 36.3 Å². The lowest BCUT2D eigenvalue weighted by molar-refractivity contribution is -0.230. The zero-order valence-electron chi connectivity index (χ0n) is 23.6. The van der Waals surface area contributed by atoms with Crippen molar-refractivity contribution in [1.82, 2.24) is 29.5 Å². The van der Waals surface area contributed by atoms with E-state index in [1.807, 2.05) is 0 Å². The number of hydrogen-bond acceptors (Lipinski definition) is 9. The van der Waals surface area contributed by atoms with Crippen LogP contribution in [0.3, 0.4) is 0 Å². The van der Waals surface area contributed by atoms with Crippen molar-refractivity contribution in [3.63, 3.8) is 0 Å². The normalized spacial score (nSPS) is 23.1. The molecule has 1 saturated heterocycles. The zero-order chi connectivity index (χ0) is 32.4. The first-order valence-electron chi connectivity index (χ1n) is 13.4. The van der Waals surface area contributed by atoms with Gasteiger partial charge in [0, 0.05) is 28.9 Å². The molecule has 1 aliphatic rings. The molecule has 4 unspecified atom stereocenters. The second-order valence-electron chi connectivity index (χ2n) is 10.5. The van der Waals surface area contributed by atoms with Crippen molar-refractivity contribution in [3.05, 3.63) is 75.5 Å². The number of hydrogen-bond donors (Lipinski definition) is 2. The van der Waals surface area contributed by atoms with Crippen molar-refractivity contribution in [2.24, 2.45) is 0 Å². The molecular formula is C28H24BrF5N6O4S. The highest BCUT2D eigenvalue weighted by Gasteiger charge is 2.51. The minimum absolute atomic E-state index is 0.0882. The third kappa shape index (κ3) is 5.54. The Kier molecular flexibility index (Phi) is 8.28. The van der Waals surface area contributed by atoms with E-state index in [9.17, 15) is 27.8 Å². The van der Waals surface area contributed by atoms with E-state index < -0.39 is 59.9 Å². The Hall–Kier alpha value is -3.35. The quantitative estimate of drug-likeness (QED) is 0.220. The van der Waals surface area contributed by atoms with Gasteiger partial charge in [-0.05, 0) is 38.1 Å². The molecule has 4 heterocycles. The number of ether oxygens (including phenoxy) is 2. The van der Waals surface area contributed by atoms with Crippen molar-refractivity contribution >= 4 is 37.5 Å². The Bertz CT molecular complexity index is 1880. The molecule has 6 atom stereocenters. The number of rotatable bonds is 6. The summed E-state index contributed by atoms with van der Waals surface area (Å²) >= 11 is 4.33. The van der Waals surface area contributed by atoms with Gasteiger partial charge in [0.15, 0.2) is 17.5 Å². The van der Waals surface area contributed by atoms with Crippen LogP contribution in [-0.2, 0) is 15.7 Å². The largest absolute Gasteiger partial charge is 0.418 e. The lowest BCUT2D eigenvalue weighted by Gasteiger charge is -2.45. The van der Waals surface area contributed by atoms with Gasteiger partial charge in [0.1, 0.15) is 41.8 Å². The summed E-state index contributed by atoms with van der Waals surface area (Å²) in [6.07, 6.45) is -8.54. The van der Waals surface area contributed by atoms with Crippen molar-refractivity contribution in [2.45, 2.75) is 56.6 Å². The average molecular weight is 715 g/mol. The molecule has 0 spiro atoms. The van der Waals surface area contributed by atoms with E-state index in [-0.39, 0.29) is 34.0 Å². The summed E-state index contributed by atoms with van der Waals surface area (Å²) in [5.41, 5.74) is -0.0225. The van der Waals surface area contributed by atoms with Crippen molar-refractivity contribution in [1.29, 1.82) is 0 Å². The number of methoxy groups -OCH3 is 1. The first-order valence-corrected chi connectivity index (χ1v) is 15.1. The molecule has 3 aromatic heterocycles. The second kappa shape index (κ2) is 11.8. The van der Waals surface area contributed by atoms with Gasteiger partial charge < -0.3 is 19.7 Å². The van der Waals surface area contributed by atoms with E-state index in [1.165, 1.54) is 61.7 Å². The smallest absolute Gasteiger partial charge is 0.391 e. The molecule has 6 rings (SSSR count). The maximum absolute atomic E-state index is 15.1. The maximum atomic E-state index is 15.1. The molecule has 0 aliphatic carbocycles. The topological polar surface area (TPSA) is 120 Å². The first-order chi connectivity index (χ1) is 21.3. The van der Waals surface area contributed by atoms with E-state index >= 15 is 4.39 Å². The molecule has 2 N–H and O–H groups in total. The fraction of sp³-hybridized carbons (Fsp3) is 0.357. The number of halogens is 6. The van der Waals surface area contributed by atoms with Gasteiger partial charge in [-0.25, -0.2) is 23.4 Å². The highest BCUT2D eigenvalue weighted by molar-refractivity contribution is 9.10. The Morgan fingerprint density at radius 1 is 1.18 bits per heavy atom. The second-order valence-corrected chi connectivity index (χ2v) is 12.3. The SMILES string of the molecule is CO[C@H]1C(C(C)O)O[C@@H](c2nc(C)nn2-c2cc(Br)ccc2C(F)(F)F)C(O)C1n1cc(-c2cc3scnc3c(F)c2F)cn1. The lowest BCUT2D eigenvalue weighted by atomic mass is 9.89.